The lowest BCUT2D eigenvalue weighted by atomic mass is 10.1. The highest BCUT2D eigenvalue weighted by molar-refractivity contribution is 6.05. The van der Waals surface area contributed by atoms with Gasteiger partial charge in [0.25, 0.3) is 11.6 Å². The summed E-state index contributed by atoms with van der Waals surface area (Å²) in [5.74, 6) is 2.15. The van der Waals surface area contributed by atoms with Crippen LogP contribution in [-0.4, -0.2) is 10.8 Å². The van der Waals surface area contributed by atoms with Crippen molar-refractivity contribution in [1.82, 2.24) is 0 Å². The third kappa shape index (κ3) is 3.25. The van der Waals surface area contributed by atoms with Gasteiger partial charge in [-0.3, -0.25) is 14.9 Å². The molecule has 1 amide bonds. The van der Waals surface area contributed by atoms with E-state index in [0.717, 1.165) is 0 Å². The van der Waals surface area contributed by atoms with E-state index in [1.54, 1.807) is 31.2 Å². The second-order valence-corrected chi connectivity index (χ2v) is 4.44. The topological polar surface area (TPSA) is 72.2 Å². The fraction of sp³-hybridized carbons (Fsp3) is 0.0625. The number of benzene rings is 2. The quantitative estimate of drug-likeness (QED) is 0.533. The molecule has 0 aliphatic carbocycles. The fourth-order valence-corrected chi connectivity index (χ4v) is 1.90. The first-order valence-electron chi connectivity index (χ1n) is 6.14. The standard InChI is InChI=1S/C16H12N2O3/c1-3-12-5-4-6-13(10-12)17-16(19)15-8-7-14(18(20)21)9-11(15)2/h1,4-10H,2H3,(H,17,19). The van der Waals surface area contributed by atoms with Crippen LogP contribution >= 0.6 is 0 Å². The smallest absolute Gasteiger partial charge is 0.269 e. The van der Waals surface area contributed by atoms with Crippen LogP contribution in [0.4, 0.5) is 11.4 Å². The van der Waals surface area contributed by atoms with Gasteiger partial charge in [0.05, 0.1) is 4.92 Å². The van der Waals surface area contributed by atoms with E-state index >= 15 is 0 Å². The molecule has 0 saturated carbocycles. The maximum absolute atomic E-state index is 12.2. The molecular formula is C16H12N2O3. The minimum atomic E-state index is -0.495. The number of amides is 1. The van der Waals surface area contributed by atoms with Crippen molar-refractivity contribution in [3.8, 4) is 12.3 Å². The minimum Gasteiger partial charge on any atom is -0.322 e. The average Bonchev–Trinajstić information content (AvgIpc) is 2.47. The Labute approximate surface area is 121 Å². The van der Waals surface area contributed by atoms with Crippen LogP contribution in [0, 0.1) is 29.4 Å². The predicted octanol–water partition coefficient (Wildman–Crippen LogP) is 3.14. The van der Waals surface area contributed by atoms with Crippen molar-refractivity contribution in [2.24, 2.45) is 0 Å². The molecule has 5 heteroatoms. The van der Waals surface area contributed by atoms with E-state index in [2.05, 4.69) is 11.2 Å². The molecule has 0 aliphatic rings. The third-order valence-corrected chi connectivity index (χ3v) is 2.95. The van der Waals surface area contributed by atoms with E-state index in [1.165, 1.54) is 18.2 Å². The van der Waals surface area contributed by atoms with Crippen molar-refractivity contribution in [3.63, 3.8) is 0 Å². The molecule has 0 atom stereocenters. The van der Waals surface area contributed by atoms with Gasteiger partial charge in [-0.25, -0.2) is 0 Å². The molecule has 2 aromatic rings. The summed E-state index contributed by atoms with van der Waals surface area (Å²) in [5.41, 5.74) is 2.11. The van der Waals surface area contributed by atoms with Gasteiger partial charge in [-0.1, -0.05) is 12.0 Å². The number of nitrogens with zero attached hydrogens (tertiary/aromatic N) is 1. The summed E-state index contributed by atoms with van der Waals surface area (Å²) in [5, 5.41) is 13.4. The highest BCUT2D eigenvalue weighted by Gasteiger charge is 2.13. The monoisotopic (exact) mass is 280 g/mol. The molecule has 104 valence electrons. The maximum atomic E-state index is 12.2. The van der Waals surface area contributed by atoms with E-state index in [1.807, 2.05) is 0 Å². The normalized spacial score (nSPS) is 9.71. The summed E-state index contributed by atoms with van der Waals surface area (Å²) in [6.07, 6.45) is 5.30. The Bertz CT molecular complexity index is 760. The first-order valence-corrected chi connectivity index (χ1v) is 6.14. The number of nitrogens with one attached hydrogen (secondary N) is 1. The van der Waals surface area contributed by atoms with Crippen molar-refractivity contribution in [1.29, 1.82) is 0 Å². The van der Waals surface area contributed by atoms with Crippen LogP contribution in [0.3, 0.4) is 0 Å². The number of anilines is 1. The van der Waals surface area contributed by atoms with E-state index in [0.29, 0.717) is 22.4 Å². The molecule has 21 heavy (non-hydrogen) atoms. The summed E-state index contributed by atoms with van der Waals surface area (Å²) in [4.78, 5) is 22.4. The van der Waals surface area contributed by atoms with Crippen molar-refractivity contribution < 1.29 is 9.72 Å². The third-order valence-electron chi connectivity index (χ3n) is 2.95. The number of nitro benzene ring substituents is 1. The number of non-ortho nitro benzene ring substituents is 1. The van der Waals surface area contributed by atoms with Gasteiger partial charge in [0.1, 0.15) is 0 Å². The molecule has 0 radical (unpaired) electrons. The molecule has 2 aromatic carbocycles. The minimum absolute atomic E-state index is 0.0432. The Morgan fingerprint density at radius 1 is 1.29 bits per heavy atom. The average molecular weight is 280 g/mol. The Morgan fingerprint density at radius 3 is 2.67 bits per heavy atom. The van der Waals surface area contributed by atoms with Crippen LogP contribution in [-0.2, 0) is 0 Å². The fourth-order valence-electron chi connectivity index (χ4n) is 1.90. The molecule has 5 nitrogen and oxygen atoms in total. The molecule has 0 aromatic heterocycles. The Kier molecular flexibility index (Phi) is 4.00. The zero-order valence-electron chi connectivity index (χ0n) is 11.3. The van der Waals surface area contributed by atoms with Gasteiger partial charge in [-0.2, -0.15) is 0 Å². The highest BCUT2D eigenvalue weighted by Crippen LogP contribution is 2.19. The summed E-state index contributed by atoms with van der Waals surface area (Å²) in [7, 11) is 0. The number of hydrogen-bond acceptors (Lipinski definition) is 3. The highest BCUT2D eigenvalue weighted by atomic mass is 16.6. The van der Waals surface area contributed by atoms with Crippen LogP contribution in [0.5, 0.6) is 0 Å². The van der Waals surface area contributed by atoms with Crippen molar-refractivity contribution in [3.05, 3.63) is 69.3 Å². The van der Waals surface area contributed by atoms with Crippen LogP contribution in [0.1, 0.15) is 21.5 Å². The van der Waals surface area contributed by atoms with Gasteiger partial charge in [-0.15, -0.1) is 6.42 Å². The Morgan fingerprint density at radius 2 is 2.05 bits per heavy atom. The number of terminal acetylenes is 1. The van der Waals surface area contributed by atoms with Crippen LogP contribution < -0.4 is 5.32 Å². The van der Waals surface area contributed by atoms with Crippen LogP contribution in [0.15, 0.2) is 42.5 Å². The zero-order valence-corrected chi connectivity index (χ0v) is 11.3. The molecule has 0 heterocycles. The Hall–Kier alpha value is -3.13. The van der Waals surface area contributed by atoms with Crippen LogP contribution in [0.2, 0.25) is 0 Å². The molecule has 0 fully saturated rings. The molecule has 0 spiro atoms. The van der Waals surface area contributed by atoms with Gasteiger partial charge in [0.2, 0.25) is 0 Å². The number of carbonyl (C=O) groups excluding carboxylic acids is 1. The molecule has 1 N–H and O–H groups in total. The molecule has 0 unspecified atom stereocenters. The van der Waals surface area contributed by atoms with Gasteiger partial charge >= 0.3 is 0 Å². The number of rotatable bonds is 3. The summed E-state index contributed by atoms with van der Waals surface area (Å²) >= 11 is 0. The largest absolute Gasteiger partial charge is 0.322 e. The maximum Gasteiger partial charge on any atom is 0.269 e. The van der Waals surface area contributed by atoms with Crippen LogP contribution in [0.25, 0.3) is 0 Å². The molecular weight excluding hydrogens is 268 g/mol. The zero-order chi connectivity index (χ0) is 15.4. The molecule has 0 bridgehead atoms. The van der Waals surface area contributed by atoms with Gasteiger partial charge in [-0.05, 0) is 36.8 Å². The van der Waals surface area contributed by atoms with E-state index < -0.39 is 4.92 Å². The van der Waals surface area contributed by atoms with Gasteiger partial charge < -0.3 is 5.32 Å². The summed E-state index contributed by atoms with van der Waals surface area (Å²) in [6, 6.07) is 11.0. The van der Waals surface area contributed by atoms with Crippen molar-refractivity contribution in [2.75, 3.05) is 5.32 Å². The first-order chi connectivity index (χ1) is 10.0. The lowest BCUT2D eigenvalue weighted by Gasteiger charge is -2.08. The van der Waals surface area contributed by atoms with E-state index in [4.69, 9.17) is 6.42 Å². The van der Waals surface area contributed by atoms with Gasteiger partial charge in [0, 0.05) is 28.9 Å². The lowest BCUT2D eigenvalue weighted by Crippen LogP contribution is -2.13. The molecule has 0 aliphatic heterocycles. The number of hydrogen-bond donors (Lipinski definition) is 1. The summed E-state index contributed by atoms with van der Waals surface area (Å²) in [6.45, 7) is 1.65. The first kappa shape index (κ1) is 14.3. The van der Waals surface area contributed by atoms with E-state index in [9.17, 15) is 14.9 Å². The second kappa shape index (κ2) is 5.88. The van der Waals surface area contributed by atoms with Crippen molar-refractivity contribution in [2.45, 2.75) is 6.92 Å². The number of carbonyl (C=O) groups is 1. The van der Waals surface area contributed by atoms with Gasteiger partial charge in [0.15, 0.2) is 0 Å². The Balaban J connectivity index is 2.24. The predicted molar refractivity (Wildman–Crippen MR) is 80.2 cm³/mol. The lowest BCUT2D eigenvalue weighted by molar-refractivity contribution is -0.384. The van der Waals surface area contributed by atoms with Crippen molar-refractivity contribution >= 4 is 17.3 Å². The number of aryl methyl sites for hydroxylation is 1. The molecule has 0 saturated heterocycles. The SMILES string of the molecule is C#Cc1cccc(NC(=O)c2ccc([N+](=O)[O-])cc2C)c1. The number of nitro groups is 1. The van der Waals surface area contributed by atoms with E-state index in [-0.39, 0.29) is 11.6 Å². The summed E-state index contributed by atoms with van der Waals surface area (Å²) < 4.78 is 0. The second-order valence-electron chi connectivity index (χ2n) is 4.44. The molecule has 2 rings (SSSR count).